The molecule has 0 aliphatic heterocycles. The fourth-order valence-electron chi connectivity index (χ4n) is 1.14. The Morgan fingerprint density at radius 1 is 1.36 bits per heavy atom. The molecule has 3 heteroatoms. The Labute approximate surface area is 103 Å². The minimum absolute atomic E-state index is 0.105. The zero-order chi connectivity index (χ0) is 10.9. The van der Waals surface area contributed by atoms with E-state index in [2.05, 4.69) is 43.4 Å². The molecule has 0 atom stereocenters. The summed E-state index contributed by atoms with van der Waals surface area (Å²) in [7, 11) is 0. The molecule has 1 rings (SSSR count). The summed E-state index contributed by atoms with van der Waals surface area (Å²) in [6.07, 6.45) is 0. The van der Waals surface area contributed by atoms with Crippen molar-refractivity contribution in [2.75, 3.05) is 0 Å². The third kappa shape index (κ3) is 2.70. The number of benzene rings is 1. The first-order valence-electron chi connectivity index (χ1n) is 4.32. The van der Waals surface area contributed by atoms with Gasteiger partial charge in [-0.05, 0) is 57.3 Å². The molecule has 0 aliphatic carbocycles. The first kappa shape index (κ1) is 12.0. The van der Waals surface area contributed by atoms with Gasteiger partial charge in [0.2, 0.25) is 0 Å². The average Bonchev–Trinajstić information content (AvgIpc) is 2.01. The number of hydrogen-bond donors (Lipinski definition) is 0. The third-order valence-corrected chi connectivity index (χ3v) is 3.14. The predicted molar refractivity (Wildman–Crippen MR) is 68.0 cm³/mol. The van der Waals surface area contributed by atoms with Gasteiger partial charge in [-0.15, -0.1) is 0 Å². The van der Waals surface area contributed by atoms with Crippen LogP contribution in [0.4, 0.5) is 0 Å². The van der Waals surface area contributed by atoms with Gasteiger partial charge in [-0.2, -0.15) is 0 Å². The molecule has 0 amide bonds. The molecule has 76 valence electrons. The normalized spacial score (nSPS) is 11.5. The molecule has 0 fully saturated rings. The highest BCUT2D eigenvalue weighted by molar-refractivity contribution is 14.1. The van der Waals surface area contributed by atoms with E-state index in [0.717, 1.165) is 3.57 Å². The highest BCUT2D eigenvalue weighted by atomic mass is 127. The summed E-state index contributed by atoms with van der Waals surface area (Å²) in [5.41, 5.74) is 1.90. The second kappa shape index (κ2) is 4.19. The molecular weight excluding hydrogens is 310 g/mol. The van der Waals surface area contributed by atoms with Crippen LogP contribution in [0, 0.1) is 3.57 Å². The molecule has 0 radical (unpaired) electrons. The fourth-order valence-corrected chi connectivity index (χ4v) is 2.23. The van der Waals surface area contributed by atoms with Crippen LogP contribution in [0.2, 0.25) is 0 Å². The topological polar surface area (TPSA) is 17.1 Å². The summed E-state index contributed by atoms with van der Waals surface area (Å²) in [4.78, 5) is 11.0. The van der Waals surface area contributed by atoms with Crippen LogP contribution in [-0.4, -0.2) is 5.24 Å². The zero-order valence-electron chi connectivity index (χ0n) is 8.40. The largest absolute Gasteiger partial charge is 0.276 e. The van der Waals surface area contributed by atoms with Crippen LogP contribution in [0.15, 0.2) is 18.2 Å². The van der Waals surface area contributed by atoms with Gasteiger partial charge in [-0.25, -0.2) is 0 Å². The number of carbonyl (C=O) groups excluding carboxylic acids is 1. The lowest BCUT2D eigenvalue weighted by molar-refractivity contribution is 0.108. The Morgan fingerprint density at radius 2 is 1.93 bits per heavy atom. The highest BCUT2D eigenvalue weighted by Crippen LogP contribution is 2.25. The molecular formula is C11H12ClIO. The Hall–Kier alpha value is -0.0900. The number of halogens is 2. The highest BCUT2D eigenvalue weighted by Gasteiger charge is 2.16. The Bertz CT molecular complexity index is 366. The van der Waals surface area contributed by atoms with E-state index >= 15 is 0 Å². The van der Waals surface area contributed by atoms with Crippen molar-refractivity contribution in [1.82, 2.24) is 0 Å². The molecule has 0 aliphatic rings. The third-order valence-electron chi connectivity index (χ3n) is 2.05. The van der Waals surface area contributed by atoms with Gasteiger partial charge in [0.25, 0.3) is 5.24 Å². The molecule has 0 saturated heterocycles. The zero-order valence-corrected chi connectivity index (χ0v) is 11.3. The standard InChI is InChI=1S/C11H12ClIO/c1-11(2,3)7-4-5-8(10(12)14)9(13)6-7/h4-6H,1-3H3. The lowest BCUT2D eigenvalue weighted by Crippen LogP contribution is -2.11. The molecule has 0 bridgehead atoms. The van der Waals surface area contributed by atoms with Gasteiger partial charge in [0, 0.05) is 9.13 Å². The Balaban J connectivity index is 3.20. The van der Waals surface area contributed by atoms with E-state index in [1.807, 2.05) is 12.1 Å². The maximum absolute atomic E-state index is 11.0. The molecule has 0 N–H and O–H groups in total. The van der Waals surface area contributed by atoms with Crippen molar-refractivity contribution >= 4 is 39.4 Å². The lowest BCUT2D eigenvalue weighted by atomic mass is 9.87. The molecule has 0 unspecified atom stereocenters. The van der Waals surface area contributed by atoms with Crippen LogP contribution >= 0.6 is 34.2 Å². The van der Waals surface area contributed by atoms with Crippen LogP contribution < -0.4 is 0 Å². The smallest absolute Gasteiger partial charge is 0.253 e. The summed E-state index contributed by atoms with van der Waals surface area (Å²) in [6.45, 7) is 6.42. The van der Waals surface area contributed by atoms with Crippen molar-refractivity contribution in [2.45, 2.75) is 26.2 Å². The summed E-state index contributed by atoms with van der Waals surface area (Å²) in [5.74, 6) is 0. The van der Waals surface area contributed by atoms with E-state index in [1.165, 1.54) is 5.56 Å². The summed E-state index contributed by atoms with van der Waals surface area (Å²) < 4.78 is 0.912. The van der Waals surface area contributed by atoms with Crippen molar-refractivity contribution < 1.29 is 4.79 Å². The van der Waals surface area contributed by atoms with Crippen LogP contribution in [0.1, 0.15) is 36.7 Å². The van der Waals surface area contributed by atoms with Crippen LogP contribution in [0.3, 0.4) is 0 Å². The summed E-state index contributed by atoms with van der Waals surface area (Å²) in [5, 5.41) is -0.394. The van der Waals surface area contributed by atoms with E-state index in [0.29, 0.717) is 5.56 Å². The van der Waals surface area contributed by atoms with Crippen LogP contribution in [0.25, 0.3) is 0 Å². The molecule has 14 heavy (non-hydrogen) atoms. The lowest BCUT2D eigenvalue weighted by Gasteiger charge is -2.19. The Morgan fingerprint density at radius 3 is 2.29 bits per heavy atom. The van der Waals surface area contributed by atoms with Gasteiger partial charge >= 0.3 is 0 Å². The second-order valence-corrected chi connectivity index (χ2v) is 5.72. The molecule has 0 spiro atoms. The summed E-state index contributed by atoms with van der Waals surface area (Å²) >= 11 is 7.57. The average molecular weight is 323 g/mol. The van der Waals surface area contributed by atoms with E-state index in [9.17, 15) is 4.79 Å². The molecule has 1 nitrogen and oxygen atoms in total. The SMILES string of the molecule is CC(C)(C)c1ccc(C(=O)Cl)c(I)c1. The van der Waals surface area contributed by atoms with Crippen molar-refractivity contribution in [3.8, 4) is 0 Å². The minimum Gasteiger partial charge on any atom is -0.276 e. The van der Waals surface area contributed by atoms with Crippen molar-refractivity contribution in [2.24, 2.45) is 0 Å². The van der Waals surface area contributed by atoms with Gasteiger partial charge in [-0.1, -0.05) is 26.8 Å². The first-order chi connectivity index (χ1) is 6.32. The molecule has 1 aromatic carbocycles. The molecule has 1 aromatic rings. The van der Waals surface area contributed by atoms with Crippen LogP contribution in [-0.2, 0) is 5.41 Å². The quantitative estimate of drug-likeness (QED) is 0.565. The van der Waals surface area contributed by atoms with Gasteiger partial charge in [0.1, 0.15) is 0 Å². The molecule has 0 saturated carbocycles. The van der Waals surface area contributed by atoms with E-state index in [1.54, 1.807) is 6.07 Å². The number of hydrogen-bond acceptors (Lipinski definition) is 1. The Kier molecular flexibility index (Phi) is 3.58. The van der Waals surface area contributed by atoms with Gasteiger partial charge in [0.05, 0.1) is 0 Å². The second-order valence-electron chi connectivity index (χ2n) is 4.22. The van der Waals surface area contributed by atoms with Crippen LogP contribution in [0.5, 0.6) is 0 Å². The summed E-state index contributed by atoms with van der Waals surface area (Å²) in [6, 6.07) is 5.76. The van der Waals surface area contributed by atoms with Crippen molar-refractivity contribution in [3.05, 3.63) is 32.9 Å². The first-order valence-corrected chi connectivity index (χ1v) is 5.78. The number of carbonyl (C=O) groups is 1. The fraction of sp³-hybridized carbons (Fsp3) is 0.364. The maximum atomic E-state index is 11.0. The minimum atomic E-state index is -0.394. The van der Waals surface area contributed by atoms with Crippen molar-refractivity contribution in [3.63, 3.8) is 0 Å². The van der Waals surface area contributed by atoms with Gasteiger partial charge in [-0.3, -0.25) is 4.79 Å². The molecule has 0 aromatic heterocycles. The van der Waals surface area contributed by atoms with Gasteiger partial charge in [0.15, 0.2) is 0 Å². The maximum Gasteiger partial charge on any atom is 0.253 e. The van der Waals surface area contributed by atoms with Crippen molar-refractivity contribution in [1.29, 1.82) is 0 Å². The van der Waals surface area contributed by atoms with E-state index in [-0.39, 0.29) is 5.41 Å². The molecule has 0 heterocycles. The predicted octanol–water partition coefficient (Wildman–Crippen LogP) is 3.97. The van der Waals surface area contributed by atoms with E-state index < -0.39 is 5.24 Å². The van der Waals surface area contributed by atoms with E-state index in [4.69, 9.17) is 11.6 Å². The van der Waals surface area contributed by atoms with Gasteiger partial charge < -0.3 is 0 Å². The number of rotatable bonds is 1. The monoisotopic (exact) mass is 322 g/mol.